The molecule has 1 saturated heterocycles. The highest BCUT2D eigenvalue weighted by atomic mass is 16.5. The summed E-state index contributed by atoms with van der Waals surface area (Å²) in [5, 5.41) is 3.00. The van der Waals surface area contributed by atoms with Gasteiger partial charge in [0.25, 0.3) is 0 Å². The van der Waals surface area contributed by atoms with Gasteiger partial charge in [-0.1, -0.05) is 44.2 Å². The molecule has 1 N–H and O–H groups in total. The number of piperidine rings is 1. The van der Waals surface area contributed by atoms with E-state index in [2.05, 4.69) is 17.4 Å². The third-order valence-corrected chi connectivity index (χ3v) is 4.85. The maximum atomic E-state index is 12.4. The van der Waals surface area contributed by atoms with Gasteiger partial charge in [-0.15, -0.1) is 0 Å². The molecule has 0 aromatic heterocycles. The van der Waals surface area contributed by atoms with Crippen molar-refractivity contribution in [2.24, 2.45) is 11.8 Å². The summed E-state index contributed by atoms with van der Waals surface area (Å²) < 4.78 is 5.83. The second-order valence-electron chi connectivity index (χ2n) is 7.35. The van der Waals surface area contributed by atoms with E-state index >= 15 is 0 Å². The first-order valence-electron chi connectivity index (χ1n) is 9.72. The minimum Gasteiger partial charge on any atom is -0.374 e. The van der Waals surface area contributed by atoms with Gasteiger partial charge in [-0.3, -0.25) is 9.59 Å². The number of amides is 2. The van der Waals surface area contributed by atoms with Crippen LogP contribution in [0.4, 0.5) is 0 Å². The van der Waals surface area contributed by atoms with Crippen LogP contribution in [0.5, 0.6) is 0 Å². The Morgan fingerprint density at radius 2 is 1.96 bits per heavy atom. The molecule has 1 aliphatic rings. The number of carbonyl (C=O) groups excluding carboxylic acids is 2. The minimum atomic E-state index is -0.0874. The fourth-order valence-corrected chi connectivity index (χ4v) is 3.26. The number of ether oxygens (including phenoxy) is 1. The molecule has 1 aliphatic heterocycles. The molecule has 0 spiro atoms. The first-order valence-corrected chi connectivity index (χ1v) is 9.72. The molecule has 0 saturated carbocycles. The number of nitrogens with zero attached hydrogens (tertiary/aromatic N) is 1. The van der Waals surface area contributed by atoms with Gasteiger partial charge in [0.15, 0.2) is 0 Å². The van der Waals surface area contributed by atoms with Crippen LogP contribution < -0.4 is 5.32 Å². The van der Waals surface area contributed by atoms with Crippen molar-refractivity contribution in [2.45, 2.75) is 46.1 Å². The summed E-state index contributed by atoms with van der Waals surface area (Å²) in [4.78, 5) is 26.3. The maximum Gasteiger partial charge on any atom is 0.225 e. The van der Waals surface area contributed by atoms with Gasteiger partial charge in [-0.05, 0) is 31.7 Å². The zero-order chi connectivity index (χ0) is 18.9. The van der Waals surface area contributed by atoms with E-state index < -0.39 is 0 Å². The first kappa shape index (κ1) is 20.4. The summed E-state index contributed by atoms with van der Waals surface area (Å²) in [7, 11) is 0. The monoisotopic (exact) mass is 360 g/mol. The fourth-order valence-electron chi connectivity index (χ4n) is 3.26. The van der Waals surface area contributed by atoms with Gasteiger partial charge >= 0.3 is 0 Å². The van der Waals surface area contributed by atoms with Crippen LogP contribution in [0.25, 0.3) is 0 Å². The maximum absolute atomic E-state index is 12.4. The molecule has 0 radical (unpaired) electrons. The van der Waals surface area contributed by atoms with Crippen LogP contribution >= 0.6 is 0 Å². The Hall–Kier alpha value is -1.88. The second kappa shape index (κ2) is 10.3. The van der Waals surface area contributed by atoms with E-state index in [9.17, 15) is 9.59 Å². The molecule has 5 heteroatoms. The number of hydrogen-bond acceptors (Lipinski definition) is 3. The first-order chi connectivity index (χ1) is 12.5. The Labute approximate surface area is 157 Å². The van der Waals surface area contributed by atoms with Crippen molar-refractivity contribution in [1.82, 2.24) is 10.2 Å². The van der Waals surface area contributed by atoms with Crippen molar-refractivity contribution in [2.75, 3.05) is 26.2 Å². The van der Waals surface area contributed by atoms with Crippen molar-refractivity contribution < 1.29 is 14.3 Å². The Kier molecular flexibility index (Phi) is 8.10. The zero-order valence-electron chi connectivity index (χ0n) is 16.2. The van der Waals surface area contributed by atoms with Crippen molar-refractivity contribution >= 4 is 11.8 Å². The topological polar surface area (TPSA) is 58.6 Å². The van der Waals surface area contributed by atoms with Crippen LogP contribution in [-0.2, 0) is 14.3 Å². The molecular weight excluding hydrogens is 328 g/mol. The van der Waals surface area contributed by atoms with Gasteiger partial charge in [0, 0.05) is 32.2 Å². The summed E-state index contributed by atoms with van der Waals surface area (Å²) in [6, 6.07) is 10.1. The van der Waals surface area contributed by atoms with Crippen LogP contribution in [0.1, 0.15) is 51.7 Å². The van der Waals surface area contributed by atoms with Crippen molar-refractivity contribution in [3.8, 4) is 0 Å². The van der Waals surface area contributed by atoms with E-state index in [0.717, 1.165) is 31.4 Å². The molecule has 0 bridgehead atoms. The van der Waals surface area contributed by atoms with Gasteiger partial charge in [-0.25, -0.2) is 0 Å². The summed E-state index contributed by atoms with van der Waals surface area (Å²) in [6.45, 7) is 8.38. The van der Waals surface area contributed by atoms with E-state index in [-0.39, 0.29) is 29.8 Å². The van der Waals surface area contributed by atoms with E-state index in [1.807, 2.05) is 43.9 Å². The van der Waals surface area contributed by atoms with Crippen molar-refractivity contribution in [1.29, 1.82) is 0 Å². The largest absolute Gasteiger partial charge is 0.374 e. The molecular formula is C21H32N2O3. The highest BCUT2D eigenvalue weighted by molar-refractivity contribution is 5.82. The lowest BCUT2D eigenvalue weighted by Crippen LogP contribution is -2.46. The van der Waals surface area contributed by atoms with Gasteiger partial charge in [0.2, 0.25) is 11.8 Å². The lowest BCUT2D eigenvalue weighted by atomic mass is 9.96. The Morgan fingerprint density at radius 3 is 2.65 bits per heavy atom. The average molecular weight is 360 g/mol. The number of nitrogens with one attached hydrogen (secondary N) is 1. The van der Waals surface area contributed by atoms with Crippen molar-refractivity contribution in [3.05, 3.63) is 35.9 Å². The molecule has 1 aromatic rings. The van der Waals surface area contributed by atoms with Crippen molar-refractivity contribution in [3.63, 3.8) is 0 Å². The minimum absolute atomic E-state index is 0.0134. The Morgan fingerprint density at radius 1 is 1.23 bits per heavy atom. The number of rotatable bonds is 8. The summed E-state index contributed by atoms with van der Waals surface area (Å²) in [5.41, 5.74) is 1.16. The molecule has 26 heavy (non-hydrogen) atoms. The molecule has 0 aliphatic carbocycles. The van der Waals surface area contributed by atoms with E-state index in [1.165, 1.54) is 0 Å². The van der Waals surface area contributed by atoms with Crippen LogP contribution in [0.3, 0.4) is 0 Å². The highest BCUT2D eigenvalue weighted by Crippen LogP contribution is 2.19. The predicted molar refractivity (Wildman–Crippen MR) is 103 cm³/mol. The molecule has 1 fully saturated rings. The lowest BCUT2D eigenvalue weighted by molar-refractivity contribution is -0.138. The normalized spacial score (nSPS) is 18.6. The molecule has 2 rings (SSSR count). The third-order valence-electron chi connectivity index (χ3n) is 4.85. The SMILES string of the molecule is CC(C)C(=O)N1CCC[C@@H](C(=O)NCCCO[C@H](C)c2ccccc2)C1. The molecule has 2 atom stereocenters. The third kappa shape index (κ3) is 6.13. The van der Waals surface area contributed by atoms with Gasteiger partial charge < -0.3 is 15.0 Å². The van der Waals surface area contributed by atoms with Gasteiger partial charge in [-0.2, -0.15) is 0 Å². The molecule has 1 aromatic carbocycles. The zero-order valence-corrected chi connectivity index (χ0v) is 16.2. The smallest absolute Gasteiger partial charge is 0.225 e. The number of carbonyl (C=O) groups is 2. The standard InChI is InChI=1S/C21H32N2O3/c1-16(2)21(25)23-13-7-11-19(15-23)20(24)22-12-8-14-26-17(3)18-9-5-4-6-10-18/h4-6,9-10,16-17,19H,7-8,11-15H2,1-3H3,(H,22,24)/t17-,19-/m1/s1. The second-order valence-corrected chi connectivity index (χ2v) is 7.35. The summed E-state index contributed by atoms with van der Waals surface area (Å²) in [6.07, 6.45) is 2.59. The number of benzene rings is 1. The quantitative estimate of drug-likeness (QED) is 0.725. The summed E-state index contributed by atoms with van der Waals surface area (Å²) in [5.74, 6) is 0.101. The Balaban J connectivity index is 1.64. The predicted octanol–water partition coefficient (Wildman–Crippen LogP) is 3.17. The molecule has 1 heterocycles. The number of likely N-dealkylation sites (tertiary alicyclic amines) is 1. The van der Waals surface area contributed by atoms with Crippen LogP contribution in [0, 0.1) is 11.8 Å². The summed E-state index contributed by atoms with van der Waals surface area (Å²) >= 11 is 0. The van der Waals surface area contributed by atoms with E-state index in [0.29, 0.717) is 19.7 Å². The lowest BCUT2D eigenvalue weighted by Gasteiger charge is -2.33. The molecule has 2 amide bonds. The van der Waals surface area contributed by atoms with Crippen LogP contribution in [0.15, 0.2) is 30.3 Å². The van der Waals surface area contributed by atoms with E-state index in [1.54, 1.807) is 0 Å². The average Bonchev–Trinajstić information content (AvgIpc) is 2.67. The molecule has 5 nitrogen and oxygen atoms in total. The van der Waals surface area contributed by atoms with Crippen LogP contribution in [-0.4, -0.2) is 43.0 Å². The Bertz CT molecular complexity index is 574. The van der Waals surface area contributed by atoms with Crippen LogP contribution in [0.2, 0.25) is 0 Å². The highest BCUT2D eigenvalue weighted by Gasteiger charge is 2.29. The molecule has 0 unspecified atom stereocenters. The fraction of sp³-hybridized carbons (Fsp3) is 0.619. The van der Waals surface area contributed by atoms with Gasteiger partial charge in [0.1, 0.15) is 0 Å². The number of hydrogen-bond donors (Lipinski definition) is 1. The molecule has 144 valence electrons. The van der Waals surface area contributed by atoms with E-state index in [4.69, 9.17) is 4.74 Å². The van der Waals surface area contributed by atoms with Gasteiger partial charge in [0.05, 0.1) is 12.0 Å².